The second-order valence-corrected chi connectivity index (χ2v) is 7.03. The molecule has 0 bridgehead atoms. The Morgan fingerprint density at radius 3 is 2.21 bits per heavy atom. The van der Waals surface area contributed by atoms with Gasteiger partial charge in [-0.25, -0.2) is 0 Å². The van der Waals surface area contributed by atoms with Crippen molar-refractivity contribution in [3.8, 4) is 0 Å². The lowest BCUT2D eigenvalue weighted by atomic mass is 9.81. The van der Waals surface area contributed by atoms with Crippen molar-refractivity contribution in [2.45, 2.75) is 31.0 Å². The number of carbonyl (C=O) groups is 1. The quantitative estimate of drug-likeness (QED) is 0.662. The average molecular weight is 412 g/mol. The number of halogens is 4. The maximum absolute atomic E-state index is 12.7. The summed E-state index contributed by atoms with van der Waals surface area (Å²) in [7, 11) is 0. The fourth-order valence-electron chi connectivity index (χ4n) is 3.22. The number of carbonyl (C=O) groups excluding carboxylic acids is 1. The van der Waals surface area contributed by atoms with Crippen LogP contribution in [0.4, 0.5) is 18.9 Å². The molecule has 2 unspecified atom stereocenters. The highest BCUT2D eigenvalue weighted by atomic mass is 35.5. The van der Waals surface area contributed by atoms with E-state index in [0.717, 1.165) is 12.1 Å². The molecule has 1 aliphatic carbocycles. The van der Waals surface area contributed by atoms with E-state index in [4.69, 9.17) is 11.6 Å². The highest BCUT2D eigenvalue weighted by molar-refractivity contribution is 6.30. The Morgan fingerprint density at radius 2 is 1.68 bits per heavy atom. The predicted octanol–water partition coefficient (Wildman–Crippen LogP) is 5.05. The first-order valence-electron chi connectivity index (χ1n) is 8.49. The van der Waals surface area contributed by atoms with Crippen molar-refractivity contribution in [1.82, 2.24) is 0 Å². The van der Waals surface area contributed by atoms with Crippen molar-refractivity contribution in [1.29, 1.82) is 0 Å². The molecule has 4 nitrogen and oxygen atoms in total. The molecule has 0 saturated heterocycles. The first-order chi connectivity index (χ1) is 13.1. The van der Waals surface area contributed by atoms with Gasteiger partial charge in [0.25, 0.3) is 5.91 Å². The number of rotatable bonds is 3. The fourth-order valence-corrected chi connectivity index (χ4v) is 3.34. The van der Waals surface area contributed by atoms with E-state index in [0.29, 0.717) is 16.3 Å². The van der Waals surface area contributed by atoms with Crippen LogP contribution in [0.3, 0.4) is 0 Å². The van der Waals surface area contributed by atoms with Crippen LogP contribution in [0.2, 0.25) is 5.02 Å². The zero-order valence-electron chi connectivity index (χ0n) is 14.5. The first-order valence-corrected chi connectivity index (χ1v) is 8.87. The maximum Gasteiger partial charge on any atom is 0.416 e. The number of nitrogens with one attached hydrogen (secondary N) is 1. The van der Waals surface area contributed by atoms with Crippen LogP contribution in [0.1, 0.15) is 29.9 Å². The van der Waals surface area contributed by atoms with Crippen LogP contribution in [-0.4, -0.2) is 22.2 Å². The van der Waals surface area contributed by atoms with Crippen LogP contribution in [0.5, 0.6) is 0 Å². The minimum atomic E-state index is -4.43. The van der Waals surface area contributed by atoms with E-state index in [1.54, 1.807) is 24.3 Å². The molecule has 0 fully saturated rings. The lowest BCUT2D eigenvalue weighted by Gasteiger charge is -2.28. The fraction of sp³-hybridized carbons (Fsp3) is 0.250. The highest BCUT2D eigenvalue weighted by Gasteiger charge is 2.34. The Kier molecular flexibility index (Phi) is 5.67. The van der Waals surface area contributed by atoms with Gasteiger partial charge in [-0.2, -0.15) is 13.2 Å². The molecule has 3 rings (SSSR count). The summed E-state index contributed by atoms with van der Waals surface area (Å²) in [6, 6.07) is 10.9. The smallest absolute Gasteiger partial charge is 0.416 e. The topological polar surface area (TPSA) is 69.6 Å². The highest BCUT2D eigenvalue weighted by Crippen LogP contribution is 2.37. The molecular weight excluding hydrogens is 395 g/mol. The van der Waals surface area contributed by atoms with Gasteiger partial charge >= 0.3 is 6.18 Å². The van der Waals surface area contributed by atoms with Crippen LogP contribution in [0.15, 0.2) is 59.9 Å². The monoisotopic (exact) mass is 411 g/mol. The second kappa shape index (κ2) is 7.85. The maximum atomic E-state index is 12.7. The van der Waals surface area contributed by atoms with Gasteiger partial charge in [-0.05, 0) is 54.3 Å². The van der Waals surface area contributed by atoms with Crippen molar-refractivity contribution in [2.24, 2.45) is 0 Å². The van der Waals surface area contributed by atoms with Gasteiger partial charge in [-0.15, -0.1) is 0 Å². The van der Waals surface area contributed by atoms with E-state index in [2.05, 4.69) is 5.32 Å². The molecule has 8 heteroatoms. The predicted molar refractivity (Wildman–Crippen MR) is 99.2 cm³/mol. The van der Waals surface area contributed by atoms with E-state index in [9.17, 15) is 28.2 Å². The largest absolute Gasteiger partial charge is 0.512 e. The number of aliphatic hydroxyl groups excluding tert-OH is 2. The number of anilines is 1. The first kappa shape index (κ1) is 20.2. The van der Waals surface area contributed by atoms with Crippen LogP contribution >= 0.6 is 11.6 Å². The molecule has 0 spiro atoms. The Balaban J connectivity index is 1.75. The van der Waals surface area contributed by atoms with Crippen LogP contribution in [0.25, 0.3) is 0 Å². The molecule has 1 amide bonds. The minimum Gasteiger partial charge on any atom is -0.512 e. The zero-order chi connectivity index (χ0) is 20.5. The molecule has 2 atom stereocenters. The Hall–Kier alpha value is -2.51. The third-order valence-corrected chi connectivity index (χ3v) is 4.90. The summed E-state index contributed by atoms with van der Waals surface area (Å²) in [5.74, 6) is -1.32. The van der Waals surface area contributed by atoms with E-state index in [1.165, 1.54) is 12.1 Å². The molecule has 2 aromatic carbocycles. The summed E-state index contributed by atoms with van der Waals surface area (Å²) in [6.45, 7) is 0. The van der Waals surface area contributed by atoms with Gasteiger partial charge < -0.3 is 15.5 Å². The molecule has 3 N–H and O–H groups in total. The zero-order valence-corrected chi connectivity index (χ0v) is 15.3. The molecule has 0 aromatic heterocycles. The Morgan fingerprint density at radius 1 is 1.07 bits per heavy atom. The summed E-state index contributed by atoms with van der Waals surface area (Å²) < 4.78 is 38.1. The third kappa shape index (κ3) is 4.48. The van der Waals surface area contributed by atoms with Crippen molar-refractivity contribution in [2.75, 3.05) is 5.32 Å². The Labute approximate surface area is 164 Å². The number of amides is 1. The summed E-state index contributed by atoms with van der Waals surface area (Å²) in [6.07, 6.45) is -5.52. The summed E-state index contributed by atoms with van der Waals surface area (Å²) in [5.41, 5.74) is 0.0936. The number of hydrogen-bond donors (Lipinski definition) is 3. The van der Waals surface area contributed by atoms with Crippen molar-refractivity contribution < 1.29 is 28.2 Å². The number of benzene rings is 2. The number of allylic oxidation sites excluding steroid dienone is 1. The molecule has 148 valence electrons. The van der Waals surface area contributed by atoms with Gasteiger partial charge in [-0.1, -0.05) is 23.7 Å². The molecule has 2 aromatic rings. The summed E-state index contributed by atoms with van der Waals surface area (Å²) in [5, 5.41) is 23.7. The average Bonchev–Trinajstić information content (AvgIpc) is 2.62. The van der Waals surface area contributed by atoms with E-state index in [-0.39, 0.29) is 24.2 Å². The lowest BCUT2D eigenvalue weighted by Crippen LogP contribution is -2.31. The minimum absolute atomic E-state index is 0.0474. The molecule has 28 heavy (non-hydrogen) atoms. The molecule has 0 radical (unpaired) electrons. The van der Waals surface area contributed by atoms with E-state index in [1.807, 2.05) is 0 Å². The SMILES string of the molecule is O=C(Nc1ccc(Cl)cc1)C1=C(O)CC(c2ccc(C(F)(F)F)cc2)CC1O. The number of hydrogen-bond acceptors (Lipinski definition) is 3. The van der Waals surface area contributed by atoms with Crippen molar-refractivity contribution in [3.05, 3.63) is 76.0 Å². The molecule has 0 saturated carbocycles. The van der Waals surface area contributed by atoms with Gasteiger partial charge in [0.2, 0.25) is 0 Å². The van der Waals surface area contributed by atoms with Crippen LogP contribution in [-0.2, 0) is 11.0 Å². The van der Waals surface area contributed by atoms with Crippen LogP contribution < -0.4 is 5.32 Å². The van der Waals surface area contributed by atoms with Crippen LogP contribution in [0, 0.1) is 0 Å². The third-order valence-electron chi connectivity index (χ3n) is 4.65. The number of aliphatic hydroxyl groups is 2. The summed E-state index contributed by atoms with van der Waals surface area (Å²) in [4.78, 5) is 12.4. The Bertz CT molecular complexity index is 892. The van der Waals surface area contributed by atoms with Gasteiger partial charge in [-0.3, -0.25) is 4.79 Å². The van der Waals surface area contributed by atoms with E-state index < -0.39 is 29.7 Å². The summed E-state index contributed by atoms with van der Waals surface area (Å²) >= 11 is 5.79. The second-order valence-electron chi connectivity index (χ2n) is 6.59. The molecular formula is C20H17ClF3NO3. The van der Waals surface area contributed by atoms with Gasteiger partial charge in [0.15, 0.2) is 0 Å². The molecule has 1 aliphatic rings. The van der Waals surface area contributed by atoms with Gasteiger partial charge in [0, 0.05) is 17.1 Å². The lowest BCUT2D eigenvalue weighted by molar-refractivity contribution is -0.137. The molecule has 0 heterocycles. The van der Waals surface area contributed by atoms with Gasteiger partial charge in [0.1, 0.15) is 5.76 Å². The van der Waals surface area contributed by atoms with Gasteiger partial charge in [0.05, 0.1) is 17.2 Å². The van der Waals surface area contributed by atoms with E-state index >= 15 is 0 Å². The normalized spacial score (nSPS) is 20.2. The van der Waals surface area contributed by atoms with Crippen molar-refractivity contribution in [3.63, 3.8) is 0 Å². The van der Waals surface area contributed by atoms with Crippen molar-refractivity contribution >= 4 is 23.2 Å². The number of alkyl halides is 3. The molecule has 0 aliphatic heterocycles. The standard InChI is InChI=1S/C20H17ClF3NO3/c21-14-5-7-15(8-6-14)25-19(28)18-16(26)9-12(10-17(18)27)11-1-3-13(4-2-11)20(22,23)24/h1-8,12,16,26-27H,9-10H2,(H,25,28).